The molecule has 30 heavy (non-hydrogen) atoms. The van der Waals surface area contributed by atoms with E-state index in [0.717, 1.165) is 0 Å². The number of carbonyl (C=O) groups is 2. The standard InChI is InChI=1S/C18H34N4O6S2/c1-19(2)7-9-21(15-5-11-29(25,26)13-15)17(23)18(24)22(10-8-20(3)4)16-6-12-30(27,28)14-16/h15-16H,5-14H2,1-4H3. The molecule has 2 unspecified atom stereocenters. The first-order valence-electron chi connectivity index (χ1n) is 10.1. The number of amides is 2. The Bertz CT molecular complexity index is 771. The highest BCUT2D eigenvalue weighted by molar-refractivity contribution is 7.91. The van der Waals surface area contributed by atoms with E-state index in [2.05, 4.69) is 0 Å². The summed E-state index contributed by atoms with van der Waals surface area (Å²) < 4.78 is 47.8. The van der Waals surface area contributed by atoms with Gasteiger partial charge in [-0.1, -0.05) is 0 Å². The number of rotatable bonds is 8. The van der Waals surface area contributed by atoms with Gasteiger partial charge in [-0.25, -0.2) is 16.8 Å². The van der Waals surface area contributed by atoms with E-state index in [1.165, 1.54) is 9.80 Å². The first-order chi connectivity index (χ1) is 13.8. The summed E-state index contributed by atoms with van der Waals surface area (Å²) in [7, 11) is 0.885. The van der Waals surface area contributed by atoms with Gasteiger partial charge in [-0.05, 0) is 41.0 Å². The maximum atomic E-state index is 13.2. The van der Waals surface area contributed by atoms with Gasteiger partial charge in [0.25, 0.3) is 0 Å². The van der Waals surface area contributed by atoms with Crippen LogP contribution in [-0.2, 0) is 29.3 Å². The maximum absolute atomic E-state index is 13.2. The van der Waals surface area contributed by atoms with Crippen LogP contribution >= 0.6 is 0 Å². The highest BCUT2D eigenvalue weighted by atomic mass is 32.2. The van der Waals surface area contributed by atoms with Crippen LogP contribution in [0.15, 0.2) is 0 Å². The number of nitrogens with zero attached hydrogens (tertiary/aromatic N) is 4. The van der Waals surface area contributed by atoms with Crippen LogP contribution in [0.5, 0.6) is 0 Å². The molecule has 2 amide bonds. The lowest BCUT2D eigenvalue weighted by Crippen LogP contribution is -2.54. The van der Waals surface area contributed by atoms with Gasteiger partial charge < -0.3 is 19.6 Å². The van der Waals surface area contributed by atoms with Crippen molar-refractivity contribution in [2.24, 2.45) is 0 Å². The molecule has 2 fully saturated rings. The molecule has 2 atom stereocenters. The van der Waals surface area contributed by atoms with Crippen LogP contribution in [-0.4, -0.2) is 138 Å². The third kappa shape index (κ3) is 6.89. The second-order valence-electron chi connectivity index (χ2n) is 8.72. The minimum Gasteiger partial charge on any atom is -0.329 e. The smallest absolute Gasteiger partial charge is 0.312 e. The summed E-state index contributed by atoms with van der Waals surface area (Å²) >= 11 is 0. The summed E-state index contributed by atoms with van der Waals surface area (Å²) in [6, 6.07) is -1.07. The molecule has 10 nitrogen and oxygen atoms in total. The van der Waals surface area contributed by atoms with Gasteiger partial charge in [-0.2, -0.15) is 0 Å². The fourth-order valence-electron chi connectivity index (χ4n) is 3.80. The van der Waals surface area contributed by atoms with Crippen molar-refractivity contribution >= 4 is 31.5 Å². The largest absolute Gasteiger partial charge is 0.329 e. The number of carbonyl (C=O) groups excluding carboxylic acids is 2. The van der Waals surface area contributed by atoms with Crippen molar-refractivity contribution in [2.45, 2.75) is 24.9 Å². The average Bonchev–Trinajstić information content (AvgIpc) is 3.16. The molecule has 0 aromatic rings. The average molecular weight is 467 g/mol. The molecule has 2 saturated heterocycles. The normalized spacial score (nSPS) is 25.0. The summed E-state index contributed by atoms with van der Waals surface area (Å²) in [5.74, 6) is -1.78. The second kappa shape index (κ2) is 9.92. The predicted octanol–water partition coefficient (Wildman–Crippen LogP) is -1.86. The van der Waals surface area contributed by atoms with Gasteiger partial charge in [0.15, 0.2) is 19.7 Å². The van der Waals surface area contributed by atoms with Gasteiger partial charge >= 0.3 is 11.8 Å². The molecule has 0 aliphatic carbocycles. The van der Waals surface area contributed by atoms with Crippen LogP contribution in [0.4, 0.5) is 0 Å². The van der Waals surface area contributed by atoms with Crippen molar-refractivity contribution in [1.82, 2.24) is 19.6 Å². The molecule has 2 aliphatic rings. The highest BCUT2D eigenvalue weighted by Gasteiger charge is 2.41. The number of sulfone groups is 2. The molecular weight excluding hydrogens is 432 g/mol. The zero-order chi connectivity index (χ0) is 22.7. The third-order valence-electron chi connectivity index (χ3n) is 5.58. The van der Waals surface area contributed by atoms with Crippen LogP contribution in [0.25, 0.3) is 0 Å². The van der Waals surface area contributed by atoms with Gasteiger partial charge in [0, 0.05) is 38.3 Å². The van der Waals surface area contributed by atoms with Crippen LogP contribution in [0.2, 0.25) is 0 Å². The second-order valence-corrected chi connectivity index (χ2v) is 13.2. The lowest BCUT2D eigenvalue weighted by atomic mass is 10.1. The van der Waals surface area contributed by atoms with Gasteiger partial charge in [-0.3, -0.25) is 9.59 Å². The summed E-state index contributed by atoms with van der Waals surface area (Å²) in [6.45, 7) is 1.46. The number of hydrogen-bond acceptors (Lipinski definition) is 8. The first-order valence-corrected chi connectivity index (χ1v) is 13.8. The Morgan fingerprint density at radius 1 is 0.667 bits per heavy atom. The molecule has 174 valence electrons. The number of hydrogen-bond donors (Lipinski definition) is 0. The Morgan fingerprint density at radius 3 is 1.23 bits per heavy atom. The van der Waals surface area contributed by atoms with E-state index in [9.17, 15) is 26.4 Å². The highest BCUT2D eigenvalue weighted by Crippen LogP contribution is 2.21. The number of likely N-dealkylation sites (N-methyl/N-ethyl adjacent to an activating group) is 2. The third-order valence-corrected chi connectivity index (χ3v) is 9.08. The van der Waals surface area contributed by atoms with Crippen LogP contribution in [0, 0.1) is 0 Å². The quantitative estimate of drug-likeness (QED) is 0.383. The van der Waals surface area contributed by atoms with E-state index in [1.54, 1.807) is 0 Å². The topological polar surface area (TPSA) is 115 Å². The fraction of sp³-hybridized carbons (Fsp3) is 0.889. The van der Waals surface area contributed by atoms with Gasteiger partial charge in [0.05, 0.1) is 23.0 Å². The Balaban J connectivity index is 2.23. The fourth-order valence-corrected chi connectivity index (χ4v) is 7.26. The molecular formula is C18H34N4O6S2. The first kappa shape index (κ1) is 25.0. The van der Waals surface area contributed by atoms with E-state index < -0.39 is 43.6 Å². The van der Waals surface area contributed by atoms with E-state index in [0.29, 0.717) is 25.9 Å². The zero-order valence-electron chi connectivity index (χ0n) is 18.3. The molecule has 0 aromatic heterocycles. The molecule has 2 rings (SSSR count). The van der Waals surface area contributed by atoms with Crippen molar-refractivity contribution in [3.63, 3.8) is 0 Å². The van der Waals surface area contributed by atoms with Crippen molar-refractivity contribution in [3.8, 4) is 0 Å². The summed E-state index contributed by atoms with van der Waals surface area (Å²) in [4.78, 5) is 32.9. The Labute approximate surface area is 180 Å². The molecule has 2 heterocycles. The molecule has 0 saturated carbocycles. The van der Waals surface area contributed by atoms with Gasteiger partial charge in [0.1, 0.15) is 0 Å². The molecule has 0 radical (unpaired) electrons. The molecule has 2 aliphatic heterocycles. The molecule has 0 bridgehead atoms. The Hall–Kier alpha value is -1.24. The van der Waals surface area contributed by atoms with Crippen molar-refractivity contribution in [2.75, 3.05) is 77.4 Å². The van der Waals surface area contributed by atoms with Crippen molar-refractivity contribution in [1.29, 1.82) is 0 Å². The molecule has 0 aromatic carbocycles. The summed E-state index contributed by atoms with van der Waals surface area (Å²) in [5, 5.41) is 0. The summed E-state index contributed by atoms with van der Waals surface area (Å²) in [6.07, 6.45) is 0.620. The van der Waals surface area contributed by atoms with E-state index >= 15 is 0 Å². The zero-order valence-corrected chi connectivity index (χ0v) is 19.9. The monoisotopic (exact) mass is 466 g/mol. The maximum Gasteiger partial charge on any atom is 0.312 e. The minimum absolute atomic E-state index is 0.00279. The molecule has 0 spiro atoms. The lowest BCUT2D eigenvalue weighted by molar-refractivity contribution is -0.154. The van der Waals surface area contributed by atoms with Gasteiger partial charge in [-0.15, -0.1) is 0 Å². The Kier molecular flexibility index (Phi) is 8.28. The summed E-state index contributed by atoms with van der Waals surface area (Å²) in [5.41, 5.74) is 0. The van der Waals surface area contributed by atoms with E-state index in [4.69, 9.17) is 0 Å². The van der Waals surface area contributed by atoms with Crippen LogP contribution < -0.4 is 0 Å². The van der Waals surface area contributed by atoms with E-state index in [-0.39, 0.29) is 36.1 Å². The van der Waals surface area contributed by atoms with Gasteiger partial charge in [0.2, 0.25) is 0 Å². The van der Waals surface area contributed by atoms with E-state index in [1.807, 2.05) is 38.0 Å². The Morgan fingerprint density at radius 2 is 1.00 bits per heavy atom. The van der Waals surface area contributed by atoms with Crippen LogP contribution in [0.1, 0.15) is 12.8 Å². The molecule has 0 N–H and O–H groups in total. The van der Waals surface area contributed by atoms with Crippen molar-refractivity contribution < 1.29 is 26.4 Å². The predicted molar refractivity (Wildman–Crippen MR) is 115 cm³/mol. The van der Waals surface area contributed by atoms with Crippen LogP contribution in [0.3, 0.4) is 0 Å². The lowest BCUT2D eigenvalue weighted by Gasteiger charge is -2.34. The minimum atomic E-state index is -3.23. The van der Waals surface area contributed by atoms with Crippen molar-refractivity contribution in [3.05, 3.63) is 0 Å². The SMILES string of the molecule is CN(C)CCN(C(=O)C(=O)N(CCN(C)C)C1CCS(=O)(=O)C1)C1CCS(=O)(=O)C1. The molecule has 12 heteroatoms.